The average molecular weight is 328 g/mol. The minimum atomic E-state index is -0.675. The molecular weight excluding hydrogens is 300 g/mol. The fraction of sp³-hybridized carbons (Fsp3) is 0.526. The van der Waals surface area contributed by atoms with Gasteiger partial charge in [-0.1, -0.05) is 32.0 Å². The molecule has 0 bridgehead atoms. The molecule has 2 aromatic rings. The number of hydrogen-bond acceptors (Lipinski definition) is 4. The Morgan fingerprint density at radius 2 is 1.88 bits per heavy atom. The van der Waals surface area contributed by atoms with Gasteiger partial charge in [0.05, 0.1) is 17.0 Å². The van der Waals surface area contributed by atoms with Crippen molar-refractivity contribution in [2.45, 2.75) is 44.8 Å². The van der Waals surface area contributed by atoms with Gasteiger partial charge in [-0.05, 0) is 30.9 Å². The number of piperidine rings is 1. The minimum Gasteiger partial charge on any atom is -0.388 e. The number of nitrogens with zero attached hydrogens (tertiary/aromatic N) is 3. The molecule has 3 N–H and O–H groups in total. The first-order valence-corrected chi connectivity index (χ1v) is 8.79. The van der Waals surface area contributed by atoms with Crippen LogP contribution in [-0.2, 0) is 6.54 Å². The van der Waals surface area contributed by atoms with Crippen molar-refractivity contribution in [1.82, 2.24) is 14.7 Å². The van der Waals surface area contributed by atoms with Crippen molar-refractivity contribution in [3.05, 3.63) is 47.8 Å². The number of para-hydroxylation sites is 1. The Bertz CT molecular complexity index is 657. The van der Waals surface area contributed by atoms with Gasteiger partial charge in [-0.25, -0.2) is 4.68 Å². The van der Waals surface area contributed by atoms with Gasteiger partial charge in [0.25, 0.3) is 0 Å². The number of likely N-dealkylation sites (tertiary alicyclic amines) is 1. The van der Waals surface area contributed by atoms with E-state index in [0.29, 0.717) is 12.5 Å². The minimum absolute atomic E-state index is 0.351. The summed E-state index contributed by atoms with van der Waals surface area (Å²) in [5, 5.41) is 15.1. The largest absolute Gasteiger partial charge is 0.388 e. The van der Waals surface area contributed by atoms with Crippen LogP contribution in [0.2, 0.25) is 0 Å². The van der Waals surface area contributed by atoms with Crippen LogP contribution in [0.15, 0.2) is 36.5 Å². The van der Waals surface area contributed by atoms with Crippen LogP contribution >= 0.6 is 0 Å². The second kappa shape index (κ2) is 7.05. The molecule has 1 saturated heterocycles. The zero-order valence-electron chi connectivity index (χ0n) is 14.7. The summed E-state index contributed by atoms with van der Waals surface area (Å²) >= 11 is 0. The topological polar surface area (TPSA) is 67.3 Å². The SMILES string of the molecule is CC(C)c1nn(-c2ccccc2)cc1CN1CCC(O)(CN)CC1. The van der Waals surface area contributed by atoms with Gasteiger partial charge < -0.3 is 10.8 Å². The first-order chi connectivity index (χ1) is 11.5. The summed E-state index contributed by atoms with van der Waals surface area (Å²) in [6, 6.07) is 10.2. The lowest BCUT2D eigenvalue weighted by atomic mass is 9.91. The first kappa shape index (κ1) is 17.1. The van der Waals surface area contributed by atoms with Crippen molar-refractivity contribution in [2.24, 2.45) is 5.73 Å². The van der Waals surface area contributed by atoms with E-state index < -0.39 is 5.60 Å². The second-order valence-corrected chi connectivity index (χ2v) is 7.18. The standard InChI is InChI=1S/C19H28N4O/c1-15(2)18-16(12-22-10-8-19(24,14-20)9-11-22)13-23(21-18)17-6-4-3-5-7-17/h3-7,13,15,24H,8-12,14,20H2,1-2H3. The third-order valence-corrected chi connectivity index (χ3v) is 4.95. The van der Waals surface area contributed by atoms with E-state index in [1.165, 1.54) is 5.56 Å². The van der Waals surface area contributed by atoms with Crippen molar-refractivity contribution in [2.75, 3.05) is 19.6 Å². The average Bonchev–Trinajstić information content (AvgIpc) is 3.02. The molecule has 3 rings (SSSR count). The van der Waals surface area contributed by atoms with E-state index in [4.69, 9.17) is 10.8 Å². The van der Waals surface area contributed by atoms with Gasteiger partial charge in [0, 0.05) is 37.9 Å². The number of rotatable bonds is 5. The van der Waals surface area contributed by atoms with Crippen LogP contribution in [-0.4, -0.2) is 45.0 Å². The molecule has 0 amide bonds. The Balaban J connectivity index is 1.77. The summed E-state index contributed by atoms with van der Waals surface area (Å²) < 4.78 is 1.98. The first-order valence-electron chi connectivity index (χ1n) is 8.79. The number of hydrogen-bond donors (Lipinski definition) is 2. The normalized spacial score (nSPS) is 18.2. The van der Waals surface area contributed by atoms with Crippen LogP contribution in [0.3, 0.4) is 0 Å². The Labute approximate surface area is 144 Å². The zero-order valence-corrected chi connectivity index (χ0v) is 14.7. The van der Waals surface area contributed by atoms with Crippen molar-refractivity contribution < 1.29 is 5.11 Å². The van der Waals surface area contributed by atoms with Crippen LogP contribution in [0.1, 0.15) is 43.9 Å². The molecule has 0 radical (unpaired) electrons. The van der Waals surface area contributed by atoms with Crippen LogP contribution < -0.4 is 5.73 Å². The third-order valence-electron chi connectivity index (χ3n) is 4.95. The van der Waals surface area contributed by atoms with E-state index in [1.807, 2.05) is 22.9 Å². The van der Waals surface area contributed by atoms with E-state index in [9.17, 15) is 5.11 Å². The number of benzene rings is 1. The second-order valence-electron chi connectivity index (χ2n) is 7.18. The molecule has 2 heterocycles. The maximum absolute atomic E-state index is 10.3. The fourth-order valence-corrected chi connectivity index (χ4v) is 3.32. The van der Waals surface area contributed by atoms with Gasteiger partial charge in [0.1, 0.15) is 0 Å². The van der Waals surface area contributed by atoms with Crippen LogP contribution in [0.5, 0.6) is 0 Å². The fourth-order valence-electron chi connectivity index (χ4n) is 3.32. The van der Waals surface area contributed by atoms with Gasteiger partial charge >= 0.3 is 0 Å². The summed E-state index contributed by atoms with van der Waals surface area (Å²) in [5.74, 6) is 0.385. The van der Waals surface area contributed by atoms with Crippen molar-refractivity contribution >= 4 is 0 Å². The van der Waals surface area contributed by atoms with Crippen LogP contribution in [0, 0.1) is 0 Å². The third kappa shape index (κ3) is 3.69. The lowest BCUT2D eigenvalue weighted by Crippen LogP contribution is -2.48. The van der Waals surface area contributed by atoms with Gasteiger partial charge in [-0.15, -0.1) is 0 Å². The summed E-state index contributed by atoms with van der Waals surface area (Å²) in [5.41, 5.74) is 8.52. The van der Waals surface area contributed by atoms with Crippen molar-refractivity contribution in [1.29, 1.82) is 0 Å². The van der Waals surface area contributed by atoms with E-state index in [2.05, 4.69) is 37.1 Å². The molecule has 1 aliphatic rings. The number of nitrogens with two attached hydrogens (primary N) is 1. The maximum atomic E-state index is 10.3. The predicted octanol–water partition coefficient (Wildman–Crippen LogP) is 2.28. The molecular formula is C19H28N4O. The molecule has 130 valence electrons. The van der Waals surface area contributed by atoms with Gasteiger partial charge in [0.15, 0.2) is 0 Å². The molecule has 5 heteroatoms. The van der Waals surface area contributed by atoms with Gasteiger partial charge in [0.2, 0.25) is 0 Å². The highest BCUT2D eigenvalue weighted by molar-refractivity contribution is 5.33. The molecule has 0 aliphatic carbocycles. The van der Waals surface area contributed by atoms with Gasteiger partial charge in [-0.3, -0.25) is 4.90 Å². The van der Waals surface area contributed by atoms with Crippen LogP contribution in [0.25, 0.3) is 5.69 Å². The van der Waals surface area contributed by atoms with Crippen molar-refractivity contribution in [3.63, 3.8) is 0 Å². The Kier molecular flexibility index (Phi) is 5.04. The zero-order chi connectivity index (χ0) is 17.2. The number of aromatic nitrogens is 2. The maximum Gasteiger partial charge on any atom is 0.0793 e. The summed E-state index contributed by atoms with van der Waals surface area (Å²) in [4.78, 5) is 2.39. The van der Waals surface area contributed by atoms with E-state index in [-0.39, 0.29) is 0 Å². The quantitative estimate of drug-likeness (QED) is 0.884. The molecule has 1 aromatic carbocycles. The summed E-state index contributed by atoms with van der Waals surface area (Å²) in [7, 11) is 0. The van der Waals surface area contributed by atoms with Crippen LogP contribution in [0.4, 0.5) is 0 Å². The molecule has 1 aliphatic heterocycles. The number of aliphatic hydroxyl groups is 1. The lowest BCUT2D eigenvalue weighted by molar-refractivity contribution is -0.0153. The molecule has 0 unspecified atom stereocenters. The molecule has 1 fully saturated rings. The summed E-state index contributed by atoms with van der Waals surface area (Å²) in [6.07, 6.45) is 3.63. The van der Waals surface area contributed by atoms with E-state index >= 15 is 0 Å². The van der Waals surface area contributed by atoms with E-state index in [0.717, 1.165) is 43.9 Å². The molecule has 5 nitrogen and oxygen atoms in total. The predicted molar refractivity (Wildman–Crippen MR) is 96.2 cm³/mol. The molecule has 0 atom stereocenters. The molecule has 24 heavy (non-hydrogen) atoms. The lowest BCUT2D eigenvalue weighted by Gasteiger charge is -2.37. The molecule has 0 spiro atoms. The smallest absolute Gasteiger partial charge is 0.0793 e. The highest BCUT2D eigenvalue weighted by Crippen LogP contribution is 2.25. The highest BCUT2D eigenvalue weighted by Gasteiger charge is 2.31. The Hall–Kier alpha value is -1.69. The Morgan fingerprint density at radius 3 is 2.46 bits per heavy atom. The van der Waals surface area contributed by atoms with E-state index in [1.54, 1.807) is 0 Å². The molecule has 1 aromatic heterocycles. The Morgan fingerprint density at radius 1 is 1.21 bits per heavy atom. The van der Waals surface area contributed by atoms with Gasteiger partial charge in [-0.2, -0.15) is 5.10 Å². The van der Waals surface area contributed by atoms with Crippen molar-refractivity contribution in [3.8, 4) is 5.69 Å². The summed E-state index contributed by atoms with van der Waals surface area (Å²) in [6.45, 7) is 7.35. The monoisotopic (exact) mass is 328 g/mol. The molecule has 0 saturated carbocycles. The highest BCUT2D eigenvalue weighted by atomic mass is 16.3.